The van der Waals surface area contributed by atoms with Gasteiger partial charge in [0.25, 0.3) is 0 Å². The van der Waals surface area contributed by atoms with Gasteiger partial charge in [-0.1, -0.05) is 36.4 Å². The number of aromatic nitrogens is 2. The van der Waals surface area contributed by atoms with Gasteiger partial charge in [0.2, 0.25) is 0 Å². The number of methoxy groups -OCH3 is 1. The van der Waals surface area contributed by atoms with E-state index in [0.29, 0.717) is 6.61 Å². The molecule has 0 unspecified atom stereocenters. The highest BCUT2D eigenvalue weighted by molar-refractivity contribution is 5.37. The smallest absolute Gasteiger partial charge is 0.123 e. The fourth-order valence-electron chi connectivity index (χ4n) is 3.88. The number of hydrogen-bond acceptors (Lipinski definition) is 3. The Balaban J connectivity index is 1.62. The van der Waals surface area contributed by atoms with Crippen molar-refractivity contribution in [3.63, 3.8) is 0 Å². The number of ether oxygens (including phenoxy) is 1. The van der Waals surface area contributed by atoms with Crippen LogP contribution in [0.1, 0.15) is 28.4 Å². The average Bonchev–Trinajstić information content (AvgIpc) is 3.16. The molecule has 4 nitrogen and oxygen atoms in total. The Kier molecular flexibility index (Phi) is 5.32. The molecule has 5 heteroatoms. The molecule has 0 fully saturated rings. The second kappa shape index (κ2) is 8.03. The zero-order valence-electron chi connectivity index (χ0n) is 15.5. The Labute approximate surface area is 159 Å². The van der Waals surface area contributed by atoms with E-state index in [1.54, 1.807) is 7.11 Å². The summed E-state index contributed by atoms with van der Waals surface area (Å²) in [6, 6.07) is 15.4. The van der Waals surface area contributed by atoms with Crippen LogP contribution in [0.4, 0.5) is 4.39 Å². The Hall–Kier alpha value is -2.50. The minimum atomic E-state index is -0.194. The van der Waals surface area contributed by atoms with Gasteiger partial charge in [0.1, 0.15) is 11.6 Å². The quantitative estimate of drug-likeness (QED) is 0.665. The zero-order chi connectivity index (χ0) is 18.6. The van der Waals surface area contributed by atoms with Crippen molar-refractivity contribution in [3.8, 4) is 0 Å². The molecule has 0 amide bonds. The summed E-state index contributed by atoms with van der Waals surface area (Å²) in [5, 5.41) is 0. The molecule has 1 aliphatic rings. The van der Waals surface area contributed by atoms with E-state index in [2.05, 4.69) is 38.7 Å². The molecule has 27 heavy (non-hydrogen) atoms. The maximum absolute atomic E-state index is 13.2. The second-order valence-electron chi connectivity index (χ2n) is 7.02. The lowest BCUT2D eigenvalue weighted by Gasteiger charge is -2.34. The van der Waals surface area contributed by atoms with Crippen LogP contribution in [0.25, 0.3) is 0 Å². The van der Waals surface area contributed by atoms with E-state index >= 15 is 0 Å². The monoisotopic (exact) mass is 365 g/mol. The summed E-state index contributed by atoms with van der Waals surface area (Å²) in [7, 11) is 1.72. The Morgan fingerprint density at radius 1 is 1.15 bits per heavy atom. The standard InChI is InChI=1S/C22H24FN3O/c1-27-13-12-26-11-10-24-22(26)21-16-25(14-17-6-8-19(23)9-7-17)15-18-4-2-3-5-20(18)21/h2-11,21H,12-16H2,1H3/t21-/m1/s1. The van der Waals surface area contributed by atoms with Gasteiger partial charge < -0.3 is 9.30 Å². The summed E-state index contributed by atoms with van der Waals surface area (Å²) in [6.45, 7) is 4.03. The summed E-state index contributed by atoms with van der Waals surface area (Å²) in [6.07, 6.45) is 3.89. The van der Waals surface area contributed by atoms with Gasteiger partial charge >= 0.3 is 0 Å². The van der Waals surface area contributed by atoms with E-state index in [9.17, 15) is 4.39 Å². The fraction of sp³-hybridized carbons (Fsp3) is 0.318. The van der Waals surface area contributed by atoms with E-state index in [1.165, 1.54) is 23.3 Å². The molecule has 2 heterocycles. The molecular formula is C22H24FN3O. The molecular weight excluding hydrogens is 341 g/mol. The lowest BCUT2D eigenvalue weighted by atomic mass is 9.88. The first kappa shape index (κ1) is 17.9. The van der Waals surface area contributed by atoms with E-state index in [4.69, 9.17) is 4.74 Å². The number of halogens is 1. The van der Waals surface area contributed by atoms with E-state index in [-0.39, 0.29) is 11.7 Å². The van der Waals surface area contributed by atoms with Crippen molar-refractivity contribution in [3.05, 3.63) is 89.3 Å². The molecule has 1 atom stereocenters. The first-order valence-corrected chi connectivity index (χ1v) is 9.29. The lowest BCUT2D eigenvalue weighted by molar-refractivity contribution is 0.184. The molecule has 0 spiro atoms. The lowest BCUT2D eigenvalue weighted by Crippen LogP contribution is -2.35. The van der Waals surface area contributed by atoms with Crippen molar-refractivity contribution in [2.24, 2.45) is 0 Å². The van der Waals surface area contributed by atoms with Gasteiger partial charge in [-0.2, -0.15) is 0 Å². The number of hydrogen-bond donors (Lipinski definition) is 0. The zero-order valence-corrected chi connectivity index (χ0v) is 15.5. The van der Waals surface area contributed by atoms with Crippen LogP contribution >= 0.6 is 0 Å². The van der Waals surface area contributed by atoms with Crippen molar-refractivity contribution >= 4 is 0 Å². The highest BCUT2D eigenvalue weighted by atomic mass is 19.1. The average molecular weight is 365 g/mol. The maximum atomic E-state index is 13.2. The van der Waals surface area contributed by atoms with Gasteiger partial charge in [-0.25, -0.2) is 9.37 Å². The van der Waals surface area contributed by atoms with Crippen LogP contribution < -0.4 is 0 Å². The van der Waals surface area contributed by atoms with Gasteiger partial charge in [-0.05, 0) is 28.8 Å². The third kappa shape index (κ3) is 3.94. The van der Waals surface area contributed by atoms with Crippen molar-refractivity contribution in [1.29, 1.82) is 0 Å². The Morgan fingerprint density at radius 3 is 2.78 bits per heavy atom. The molecule has 0 radical (unpaired) electrons. The van der Waals surface area contributed by atoms with Crippen LogP contribution in [-0.4, -0.2) is 34.7 Å². The molecule has 0 N–H and O–H groups in total. The van der Waals surface area contributed by atoms with E-state index in [0.717, 1.165) is 37.6 Å². The summed E-state index contributed by atoms with van der Waals surface area (Å²) in [4.78, 5) is 7.09. The minimum Gasteiger partial charge on any atom is -0.383 e. The maximum Gasteiger partial charge on any atom is 0.123 e. The summed E-state index contributed by atoms with van der Waals surface area (Å²) < 4.78 is 20.7. The molecule has 4 rings (SSSR count). The number of nitrogens with zero attached hydrogens (tertiary/aromatic N) is 3. The Bertz CT molecular complexity index is 891. The first-order chi connectivity index (χ1) is 13.2. The van der Waals surface area contributed by atoms with Crippen LogP contribution in [0.3, 0.4) is 0 Å². The van der Waals surface area contributed by atoms with E-state index < -0.39 is 0 Å². The van der Waals surface area contributed by atoms with E-state index in [1.807, 2.05) is 24.5 Å². The number of rotatable bonds is 6. The van der Waals surface area contributed by atoms with Gasteiger partial charge in [-0.15, -0.1) is 0 Å². The van der Waals surface area contributed by atoms with Gasteiger partial charge in [0, 0.05) is 45.7 Å². The number of benzene rings is 2. The largest absolute Gasteiger partial charge is 0.383 e. The molecule has 0 aliphatic carbocycles. The summed E-state index contributed by atoms with van der Waals surface area (Å²) >= 11 is 0. The molecule has 0 saturated heterocycles. The minimum absolute atomic E-state index is 0.194. The molecule has 140 valence electrons. The Morgan fingerprint density at radius 2 is 1.96 bits per heavy atom. The van der Waals surface area contributed by atoms with Gasteiger partial charge in [0.05, 0.1) is 12.5 Å². The number of imidazole rings is 1. The van der Waals surface area contributed by atoms with Crippen LogP contribution in [-0.2, 0) is 24.4 Å². The third-order valence-electron chi connectivity index (χ3n) is 5.18. The van der Waals surface area contributed by atoms with Crippen LogP contribution in [0, 0.1) is 5.82 Å². The topological polar surface area (TPSA) is 30.3 Å². The van der Waals surface area contributed by atoms with Crippen LogP contribution in [0.5, 0.6) is 0 Å². The van der Waals surface area contributed by atoms with Crippen molar-refractivity contribution in [2.45, 2.75) is 25.6 Å². The molecule has 0 bridgehead atoms. The predicted molar refractivity (Wildman–Crippen MR) is 103 cm³/mol. The van der Waals surface area contributed by atoms with Crippen LogP contribution in [0.2, 0.25) is 0 Å². The molecule has 3 aromatic rings. The molecule has 2 aromatic carbocycles. The fourth-order valence-corrected chi connectivity index (χ4v) is 3.88. The molecule has 0 saturated carbocycles. The third-order valence-corrected chi connectivity index (χ3v) is 5.18. The van der Waals surface area contributed by atoms with Crippen LogP contribution in [0.15, 0.2) is 60.9 Å². The predicted octanol–water partition coefficient (Wildman–Crippen LogP) is 3.82. The highest BCUT2D eigenvalue weighted by Crippen LogP contribution is 2.33. The van der Waals surface area contributed by atoms with Gasteiger partial charge in [-0.3, -0.25) is 4.90 Å². The molecule has 1 aromatic heterocycles. The highest BCUT2D eigenvalue weighted by Gasteiger charge is 2.29. The van der Waals surface area contributed by atoms with Crippen molar-refractivity contribution in [2.75, 3.05) is 20.3 Å². The van der Waals surface area contributed by atoms with Crippen molar-refractivity contribution < 1.29 is 9.13 Å². The molecule has 1 aliphatic heterocycles. The summed E-state index contributed by atoms with van der Waals surface area (Å²) in [5.74, 6) is 1.09. The second-order valence-corrected chi connectivity index (χ2v) is 7.02. The normalized spacial score (nSPS) is 17.0. The number of fused-ring (bicyclic) bond motifs is 1. The SMILES string of the molecule is COCCn1ccnc1[C@@H]1CN(Cc2ccc(F)cc2)Cc2ccccc21. The first-order valence-electron chi connectivity index (χ1n) is 9.29. The van der Waals surface area contributed by atoms with Crippen molar-refractivity contribution in [1.82, 2.24) is 14.5 Å². The summed E-state index contributed by atoms with van der Waals surface area (Å²) in [5.41, 5.74) is 3.80. The van der Waals surface area contributed by atoms with Gasteiger partial charge in [0.15, 0.2) is 0 Å².